The van der Waals surface area contributed by atoms with Crippen molar-refractivity contribution in [2.45, 2.75) is 18.2 Å². The molecule has 28 heavy (non-hydrogen) atoms. The van der Waals surface area contributed by atoms with Crippen LogP contribution in [0.3, 0.4) is 0 Å². The number of fused-ring (bicyclic) bond motifs is 1. The lowest BCUT2D eigenvalue weighted by Crippen LogP contribution is -2.31. The summed E-state index contributed by atoms with van der Waals surface area (Å²) in [5.41, 5.74) is 2.08. The predicted octanol–water partition coefficient (Wildman–Crippen LogP) is 4.65. The van der Waals surface area contributed by atoms with Crippen LogP contribution >= 0.6 is 35.0 Å². The van der Waals surface area contributed by atoms with Gasteiger partial charge < -0.3 is 14.5 Å². The van der Waals surface area contributed by atoms with Crippen molar-refractivity contribution in [2.75, 3.05) is 12.4 Å². The van der Waals surface area contributed by atoms with E-state index in [9.17, 15) is 9.59 Å². The van der Waals surface area contributed by atoms with Crippen molar-refractivity contribution in [3.63, 3.8) is 0 Å². The number of aromatic nitrogens is 1. The van der Waals surface area contributed by atoms with Crippen molar-refractivity contribution >= 4 is 57.9 Å². The average molecular weight is 439 g/mol. The van der Waals surface area contributed by atoms with Crippen molar-refractivity contribution < 1.29 is 18.7 Å². The first kappa shape index (κ1) is 20.5. The Kier molecular flexibility index (Phi) is 6.83. The van der Waals surface area contributed by atoms with E-state index in [-0.39, 0.29) is 18.4 Å². The number of para-hydroxylation sites is 2. The summed E-state index contributed by atoms with van der Waals surface area (Å²) in [4.78, 5) is 28.1. The maximum absolute atomic E-state index is 12.0. The van der Waals surface area contributed by atoms with Crippen LogP contribution in [0, 0.1) is 0 Å². The highest BCUT2D eigenvalue weighted by Crippen LogP contribution is 2.26. The van der Waals surface area contributed by atoms with E-state index in [1.165, 1.54) is 0 Å². The molecule has 6 nitrogen and oxygen atoms in total. The highest BCUT2D eigenvalue weighted by molar-refractivity contribution is 7.99. The highest BCUT2D eigenvalue weighted by atomic mass is 35.5. The number of oxazole rings is 1. The normalized spacial score (nSPS) is 12.0. The molecule has 0 fully saturated rings. The second kappa shape index (κ2) is 9.32. The van der Waals surface area contributed by atoms with Gasteiger partial charge in [-0.1, -0.05) is 53.2 Å². The molecule has 0 aliphatic heterocycles. The second-order valence-electron chi connectivity index (χ2n) is 5.85. The topological polar surface area (TPSA) is 81.4 Å². The van der Waals surface area contributed by atoms with E-state index in [2.05, 4.69) is 10.3 Å². The lowest BCUT2D eigenvalue weighted by molar-refractivity contribution is -0.146. The van der Waals surface area contributed by atoms with E-state index in [4.69, 9.17) is 32.4 Å². The van der Waals surface area contributed by atoms with Gasteiger partial charge in [0.1, 0.15) is 11.3 Å². The maximum Gasteiger partial charge on any atom is 0.316 e. The molecule has 1 unspecified atom stereocenters. The monoisotopic (exact) mass is 438 g/mol. The van der Waals surface area contributed by atoms with Crippen molar-refractivity contribution in [1.29, 1.82) is 0 Å². The number of halogens is 2. The molecule has 0 radical (unpaired) electrons. The van der Waals surface area contributed by atoms with Crippen molar-refractivity contribution in [1.82, 2.24) is 10.3 Å². The molecule has 0 aliphatic rings. The fourth-order valence-corrected chi connectivity index (χ4v) is 3.64. The number of hydrogen-bond acceptors (Lipinski definition) is 6. The second-order valence-corrected chi connectivity index (χ2v) is 7.62. The zero-order valence-corrected chi connectivity index (χ0v) is 17.1. The van der Waals surface area contributed by atoms with Crippen LogP contribution in [-0.4, -0.2) is 29.2 Å². The van der Waals surface area contributed by atoms with Crippen LogP contribution in [0.1, 0.15) is 18.5 Å². The molecule has 1 N–H and O–H groups in total. The molecule has 146 valence electrons. The molecule has 0 bridgehead atoms. The van der Waals surface area contributed by atoms with E-state index in [0.717, 1.165) is 17.3 Å². The van der Waals surface area contributed by atoms with Gasteiger partial charge in [-0.25, -0.2) is 4.98 Å². The molecule has 0 spiro atoms. The quantitative estimate of drug-likeness (QED) is 0.427. The van der Waals surface area contributed by atoms with Gasteiger partial charge >= 0.3 is 5.97 Å². The lowest BCUT2D eigenvalue weighted by atomic mass is 10.1. The van der Waals surface area contributed by atoms with Crippen molar-refractivity contribution in [2.24, 2.45) is 0 Å². The zero-order valence-electron chi connectivity index (χ0n) is 14.8. The maximum atomic E-state index is 12.0. The lowest BCUT2D eigenvalue weighted by Gasteiger charge is -2.16. The number of hydrogen-bond donors (Lipinski definition) is 1. The Morgan fingerprint density at radius 2 is 2.04 bits per heavy atom. The van der Waals surface area contributed by atoms with Gasteiger partial charge in [0.15, 0.2) is 12.2 Å². The Labute approximate surface area is 175 Å². The summed E-state index contributed by atoms with van der Waals surface area (Å²) < 4.78 is 10.5. The van der Waals surface area contributed by atoms with Gasteiger partial charge in [-0.15, -0.1) is 0 Å². The molecule has 3 rings (SSSR count). The van der Waals surface area contributed by atoms with Gasteiger partial charge in [0.25, 0.3) is 11.1 Å². The summed E-state index contributed by atoms with van der Waals surface area (Å²) in [5.74, 6) is -0.989. The number of benzene rings is 2. The van der Waals surface area contributed by atoms with Gasteiger partial charge in [-0.3, -0.25) is 9.59 Å². The standard InChI is InChI=1S/C19H16Cl2N2O4S/c1-11(13-7-6-12(20)8-14(13)21)22-17(24)9-26-18(25)10-28-19-23-15-4-2-3-5-16(15)27-19/h2-8,11H,9-10H2,1H3,(H,22,24). The number of amides is 1. The largest absolute Gasteiger partial charge is 0.455 e. The summed E-state index contributed by atoms with van der Waals surface area (Å²) in [5, 5.41) is 4.05. The summed E-state index contributed by atoms with van der Waals surface area (Å²) in [7, 11) is 0. The molecule has 9 heteroatoms. The van der Waals surface area contributed by atoms with E-state index in [1.54, 1.807) is 31.2 Å². The Morgan fingerprint density at radius 1 is 1.25 bits per heavy atom. The van der Waals surface area contributed by atoms with Crippen LogP contribution in [0.2, 0.25) is 10.0 Å². The van der Waals surface area contributed by atoms with Gasteiger partial charge in [-0.05, 0) is 36.8 Å². The minimum Gasteiger partial charge on any atom is -0.455 e. The molecular weight excluding hydrogens is 423 g/mol. The average Bonchev–Trinajstić information content (AvgIpc) is 3.07. The van der Waals surface area contributed by atoms with Crippen LogP contribution in [0.4, 0.5) is 0 Å². The minimum atomic E-state index is -0.542. The van der Waals surface area contributed by atoms with Crippen molar-refractivity contribution in [3.05, 3.63) is 58.1 Å². The number of rotatable bonds is 7. The molecular formula is C19H16Cl2N2O4S. The van der Waals surface area contributed by atoms with E-state index in [1.807, 2.05) is 18.2 Å². The molecule has 1 heterocycles. The molecule has 0 saturated carbocycles. The molecule has 1 atom stereocenters. The number of carbonyl (C=O) groups is 2. The van der Waals surface area contributed by atoms with Crippen LogP contribution in [-0.2, 0) is 14.3 Å². The molecule has 2 aromatic carbocycles. The summed E-state index contributed by atoms with van der Waals surface area (Å²) in [6.45, 7) is 1.39. The molecule has 1 amide bonds. The first-order chi connectivity index (χ1) is 13.4. The number of thioether (sulfide) groups is 1. The Morgan fingerprint density at radius 3 is 2.79 bits per heavy atom. The number of nitrogens with zero attached hydrogens (tertiary/aromatic N) is 1. The molecule has 0 saturated heterocycles. The van der Waals surface area contributed by atoms with E-state index < -0.39 is 11.9 Å². The summed E-state index contributed by atoms with van der Waals surface area (Å²) >= 11 is 13.1. The number of ether oxygens (including phenoxy) is 1. The van der Waals surface area contributed by atoms with Crippen LogP contribution in [0.15, 0.2) is 52.1 Å². The summed E-state index contributed by atoms with van der Waals surface area (Å²) in [6.07, 6.45) is 0. The molecule has 0 aliphatic carbocycles. The fourth-order valence-electron chi connectivity index (χ4n) is 2.43. The first-order valence-corrected chi connectivity index (χ1v) is 10.0. The Balaban J connectivity index is 1.44. The van der Waals surface area contributed by atoms with E-state index >= 15 is 0 Å². The fraction of sp³-hybridized carbons (Fsp3) is 0.211. The predicted molar refractivity (Wildman–Crippen MR) is 109 cm³/mol. The van der Waals surface area contributed by atoms with E-state index in [0.29, 0.717) is 26.4 Å². The Bertz CT molecular complexity index is 976. The number of esters is 1. The molecule has 1 aromatic heterocycles. The van der Waals surface area contributed by atoms with Crippen molar-refractivity contribution in [3.8, 4) is 0 Å². The van der Waals surface area contributed by atoms with Gasteiger partial charge in [-0.2, -0.15) is 0 Å². The van der Waals surface area contributed by atoms with Crippen LogP contribution in [0.25, 0.3) is 11.1 Å². The van der Waals surface area contributed by atoms with Crippen LogP contribution in [0.5, 0.6) is 0 Å². The van der Waals surface area contributed by atoms with Crippen LogP contribution < -0.4 is 5.32 Å². The highest BCUT2D eigenvalue weighted by Gasteiger charge is 2.15. The third kappa shape index (κ3) is 5.41. The minimum absolute atomic E-state index is 0.0152. The number of nitrogens with one attached hydrogen (secondary N) is 1. The van der Waals surface area contributed by atoms with Gasteiger partial charge in [0, 0.05) is 10.0 Å². The SMILES string of the molecule is CC(NC(=O)COC(=O)CSc1nc2ccccc2o1)c1ccc(Cl)cc1Cl. The summed E-state index contributed by atoms with van der Waals surface area (Å²) in [6, 6.07) is 12.0. The Hall–Kier alpha value is -2.22. The molecule has 3 aromatic rings. The third-order valence-corrected chi connectivity index (χ3v) is 5.12. The van der Waals surface area contributed by atoms with Gasteiger partial charge in [0.2, 0.25) is 0 Å². The third-order valence-electron chi connectivity index (χ3n) is 3.76. The number of carbonyl (C=O) groups excluding carboxylic acids is 2. The first-order valence-electron chi connectivity index (χ1n) is 8.30. The smallest absolute Gasteiger partial charge is 0.316 e. The van der Waals surface area contributed by atoms with Gasteiger partial charge in [0.05, 0.1) is 6.04 Å². The zero-order chi connectivity index (χ0) is 20.1.